The Labute approximate surface area is 243 Å². The Morgan fingerprint density at radius 1 is 0.619 bits per heavy atom. The fourth-order valence-corrected chi connectivity index (χ4v) is 5.33. The molecule has 0 fully saturated rings. The number of fused-ring (bicyclic) bond motifs is 2. The standard InChI is InChI=1S/C32H34N8O2/c1-21-25(5-3-7-27(21)29-19-39-17-23(13-33-9-11-41)35-15-31(39)37-29)26-6-4-8-28(22(26)2)30-20-40-18-24(14-34-10-12-42)36-16-32(40)38-30/h3-8,15-20,33-34,41-42H,9-14H2,1-2H3. The van der Waals surface area contributed by atoms with Crippen molar-refractivity contribution in [3.05, 3.63) is 96.1 Å². The quantitative estimate of drug-likeness (QED) is 0.177. The summed E-state index contributed by atoms with van der Waals surface area (Å²) < 4.78 is 4.01. The summed E-state index contributed by atoms with van der Waals surface area (Å²) in [5, 5.41) is 24.4. The van der Waals surface area contributed by atoms with Crippen LogP contribution < -0.4 is 10.6 Å². The molecule has 0 spiro atoms. The Kier molecular flexibility index (Phi) is 8.02. The lowest BCUT2D eigenvalue weighted by molar-refractivity contribution is 0.291. The Morgan fingerprint density at radius 3 is 1.48 bits per heavy atom. The second kappa shape index (κ2) is 12.2. The van der Waals surface area contributed by atoms with E-state index < -0.39 is 0 Å². The highest BCUT2D eigenvalue weighted by Gasteiger charge is 2.16. The van der Waals surface area contributed by atoms with Crippen LogP contribution in [0.4, 0.5) is 0 Å². The van der Waals surface area contributed by atoms with Crippen LogP contribution in [0, 0.1) is 13.8 Å². The van der Waals surface area contributed by atoms with E-state index in [1.165, 1.54) is 0 Å². The molecule has 0 aliphatic carbocycles. The number of aliphatic hydroxyl groups is 2. The molecule has 4 heterocycles. The molecule has 0 radical (unpaired) electrons. The highest BCUT2D eigenvalue weighted by molar-refractivity contribution is 5.83. The summed E-state index contributed by atoms with van der Waals surface area (Å²) in [5.74, 6) is 0. The van der Waals surface area contributed by atoms with Gasteiger partial charge in [0, 0.05) is 62.1 Å². The van der Waals surface area contributed by atoms with Gasteiger partial charge in [0.25, 0.3) is 0 Å². The van der Waals surface area contributed by atoms with Gasteiger partial charge in [-0.15, -0.1) is 0 Å². The number of benzene rings is 2. The van der Waals surface area contributed by atoms with Crippen LogP contribution in [0.5, 0.6) is 0 Å². The summed E-state index contributed by atoms with van der Waals surface area (Å²) in [5.41, 5.74) is 11.9. The van der Waals surface area contributed by atoms with Gasteiger partial charge in [-0.05, 0) is 36.1 Å². The Balaban J connectivity index is 1.32. The van der Waals surface area contributed by atoms with Crippen molar-refractivity contribution in [2.45, 2.75) is 26.9 Å². The zero-order valence-corrected chi connectivity index (χ0v) is 23.7. The van der Waals surface area contributed by atoms with E-state index >= 15 is 0 Å². The van der Waals surface area contributed by atoms with Gasteiger partial charge < -0.3 is 29.6 Å². The summed E-state index contributed by atoms with van der Waals surface area (Å²) in [6.45, 7) is 6.70. The smallest absolute Gasteiger partial charge is 0.155 e. The van der Waals surface area contributed by atoms with Crippen LogP contribution in [0.1, 0.15) is 22.5 Å². The lowest BCUT2D eigenvalue weighted by atomic mass is 9.90. The van der Waals surface area contributed by atoms with Crippen molar-refractivity contribution in [3.8, 4) is 33.6 Å². The predicted octanol–water partition coefficient (Wildman–Crippen LogP) is 3.55. The number of aromatic nitrogens is 6. The van der Waals surface area contributed by atoms with Crippen molar-refractivity contribution < 1.29 is 10.2 Å². The number of aliphatic hydroxyl groups excluding tert-OH is 2. The molecular weight excluding hydrogens is 528 g/mol. The molecule has 10 nitrogen and oxygen atoms in total. The molecule has 0 saturated carbocycles. The van der Waals surface area contributed by atoms with Gasteiger partial charge >= 0.3 is 0 Å². The molecule has 0 bridgehead atoms. The van der Waals surface area contributed by atoms with E-state index in [0.29, 0.717) is 26.2 Å². The fraction of sp³-hybridized carbons (Fsp3) is 0.250. The zero-order valence-electron chi connectivity index (χ0n) is 23.7. The molecule has 10 heteroatoms. The Morgan fingerprint density at radius 2 is 1.05 bits per heavy atom. The average Bonchev–Trinajstić information content (AvgIpc) is 3.61. The maximum atomic E-state index is 9.02. The average molecular weight is 563 g/mol. The van der Waals surface area contributed by atoms with Crippen LogP contribution in [-0.4, -0.2) is 65.3 Å². The number of hydrogen-bond donors (Lipinski definition) is 4. The molecule has 214 valence electrons. The van der Waals surface area contributed by atoms with Crippen molar-refractivity contribution in [3.63, 3.8) is 0 Å². The maximum absolute atomic E-state index is 9.02. The third kappa shape index (κ3) is 5.53. The first-order chi connectivity index (χ1) is 20.6. The molecular formula is C32H34N8O2. The normalized spacial score (nSPS) is 11.6. The third-order valence-corrected chi connectivity index (χ3v) is 7.49. The van der Waals surface area contributed by atoms with Crippen LogP contribution in [0.15, 0.2) is 73.6 Å². The summed E-state index contributed by atoms with van der Waals surface area (Å²) in [7, 11) is 0. The minimum absolute atomic E-state index is 0.0947. The lowest BCUT2D eigenvalue weighted by Crippen LogP contribution is -2.18. The molecule has 42 heavy (non-hydrogen) atoms. The first kappa shape index (κ1) is 27.7. The third-order valence-electron chi connectivity index (χ3n) is 7.49. The number of nitrogens with one attached hydrogen (secondary N) is 2. The fourth-order valence-electron chi connectivity index (χ4n) is 5.33. The molecule has 0 unspecified atom stereocenters. The second-order valence-electron chi connectivity index (χ2n) is 10.3. The van der Waals surface area contributed by atoms with Gasteiger partial charge in [0.2, 0.25) is 0 Å². The molecule has 4 aromatic heterocycles. The Hall–Kier alpha value is -4.48. The number of imidazole rings is 2. The minimum Gasteiger partial charge on any atom is -0.395 e. The van der Waals surface area contributed by atoms with Gasteiger partial charge in [-0.3, -0.25) is 9.97 Å². The van der Waals surface area contributed by atoms with E-state index in [9.17, 15) is 0 Å². The van der Waals surface area contributed by atoms with E-state index in [1.54, 1.807) is 12.4 Å². The molecule has 4 N–H and O–H groups in total. The molecule has 0 atom stereocenters. The van der Waals surface area contributed by atoms with Gasteiger partial charge in [0.05, 0.1) is 48.4 Å². The van der Waals surface area contributed by atoms with E-state index in [1.807, 2.05) is 33.6 Å². The van der Waals surface area contributed by atoms with Gasteiger partial charge in [-0.1, -0.05) is 36.4 Å². The van der Waals surface area contributed by atoms with Crippen molar-refractivity contribution >= 4 is 11.3 Å². The lowest BCUT2D eigenvalue weighted by Gasteiger charge is -2.14. The minimum atomic E-state index is 0.0947. The molecule has 2 aromatic carbocycles. The van der Waals surface area contributed by atoms with Crippen molar-refractivity contribution in [1.29, 1.82) is 0 Å². The molecule has 0 saturated heterocycles. The van der Waals surface area contributed by atoms with Crippen LogP contribution in [0.2, 0.25) is 0 Å². The van der Waals surface area contributed by atoms with Crippen molar-refractivity contribution in [2.75, 3.05) is 26.3 Å². The van der Waals surface area contributed by atoms with E-state index in [2.05, 4.69) is 70.8 Å². The first-order valence-electron chi connectivity index (χ1n) is 14.1. The van der Waals surface area contributed by atoms with Crippen LogP contribution in [-0.2, 0) is 13.1 Å². The van der Waals surface area contributed by atoms with Crippen molar-refractivity contribution in [2.24, 2.45) is 0 Å². The van der Waals surface area contributed by atoms with Crippen molar-refractivity contribution in [1.82, 2.24) is 39.4 Å². The van der Waals surface area contributed by atoms with Gasteiger partial charge in [0.15, 0.2) is 11.3 Å². The first-order valence-corrected chi connectivity index (χ1v) is 14.1. The summed E-state index contributed by atoms with van der Waals surface area (Å²) in [6, 6.07) is 12.7. The number of nitrogens with zero attached hydrogens (tertiary/aromatic N) is 6. The molecule has 0 amide bonds. The predicted molar refractivity (Wildman–Crippen MR) is 163 cm³/mol. The van der Waals surface area contributed by atoms with E-state index in [-0.39, 0.29) is 13.2 Å². The van der Waals surface area contributed by atoms with E-state index in [0.717, 1.165) is 67.5 Å². The van der Waals surface area contributed by atoms with Gasteiger partial charge in [-0.2, -0.15) is 0 Å². The van der Waals surface area contributed by atoms with Gasteiger partial charge in [0.1, 0.15) is 0 Å². The highest BCUT2D eigenvalue weighted by Crippen LogP contribution is 2.36. The number of hydrogen-bond acceptors (Lipinski definition) is 8. The van der Waals surface area contributed by atoms with Crippen LogP contribution in [0.25, 0.3) is 44.9 Å². The maximum Gasteiger partial charge on any atom is 0.155 e. The topological polar surface area (TPSA) is 125 Å². The molecule has 0 aliphatic rings. The van der Waals surface area contributed by atoms with Gasteiger partial charge in [-0.25, -0.2) is 9.97 Å². The SMILES string of the molecule is Cc1c(-c2cn3cc(CNCCO)ncc3n2)cccc1-c1cccc(-c2cn3cc(CNCCO)ncc3n2)c1C. The summed E-state index contributed by atoms with van der Waals surface area (Å²) in [6.07, 6.45) is 11.6. The van der Waals surface area contributed by atoms with Crippen LogP contribution in [0.3, 0.4) is 0 Å². The number of rotatable bonds is 11. The zero-order chi connectivity index (χ0) is 29.1. The Bertz CT molecular complexity index is 1720. The molecule has 6 rings (SSSR count). The summed E-state index contributed by atoms with van der Waals surface area (Å²) >= 11 is 0. The summed E-state index contributed by atoms with van der Waals surface area (Å²) in [4.78, 5) is 18.7. The second-order valence-corrected chi connectivity index (χ2v) is 10.3. The van der Waals surface area contributed by atoms with Crippen LogP contribution >= 0.6 is 0 Å². The van der Waals surface area contributed by atoms with E-state index in [4.69, 9.17) is 20.2 Å². The highest BCUT2D eigenvalue weighted by atomic mass is 16.3. The molecule has 0 aliphatic heterocycles. The molecule has 6 aromatic rings. The largest absolute Gasteiger partial charge is 0.395 e. The monoisotopic (exact) mass is 562 g/mol.